The van der Waals surface area contributed by atoms with Gasteiger partial charge in [0, 0.05) is 90.8 Å². The van der Waals surface area contributed by atoms with Crippen molar-refractivity contribution >= 4 is 40.7 Å². The molecule has 2 aliphatic rings. The molecule has 5 heterocycles. The lowest BCUT2D eigenvalue weighted by Gasteiger charge is -2.16. The first-order chi connectivity index (χ1) is 25.2. The molecule has 268 valence electrons. The van der Waals surface area contributed by atoms with Crippen molar-refractivity contribution in [2.24, 2.45) is 0 Å². The van der Waals surface area contributed by atoms with Crippen LogP contribution in [0.25, 0.3) is 39.2 Å². The summed E-state index contributed by atoms with van der Waals surface area (Å²) in [6, 6.07) is 19.4. The SMILES string of the molecule is COc1nc(-c2cccc(-c3cccc(-c4ccn5c(=O)c(CNC[C@H]6CCC(=O)N6)c(C)nc5c4)c3Cl)c2Cl)ccc1CNC[C@@H]1CCC(=O)N1. The van der Waals surface area contributed by atoms with E-state index >= 15 is 0 Å². The van der Waals surface area contributed by atoms with Crippen molar-refractivity contribution in [3.63, 3.8) is 0 Å². The number of hydrogen-bond donors (Lipinski definition) is 4. The number of ether oxygens (including phenoxy) is 1. The number of halogens is 2. The van der Waals surface area contributed by atoms with E-state index in [1.165, 1.54) is 0 Å². The highest BCUT2D eigenvalue weighted by atomic mass is 35.5. The van der Waals surface area contributed by atoms with Gasteiger partial charge < -0.3 is 26.0 Å². The zero-order valence-corrected chi connectivity index (χ0v) is 30.4. The van der Waals surface area contributed by atoms with Crippen LogP contribution in [0.15, 0.2) is 71.7 Å². The molecule has 0 saturated carbocycles. The number of pyridine rings is 2. The van der Waals surface area contributed by atoms with Gasteiger partial charge in [-0.2, -0.15) is 0 Å². The Kier molecular flexibility index (Phi) is 10.6. The van der Waals surface area contributed by atoms with E-state index in [1.807, 2.05) is 67.6 Å². The maximum Gasteiger partial charge on any atom is 0.262 e. The first-order valence-corrected chi connectivity index (χ1v) is 18.1. The van der Waals surface area contributed by atoms with E-state index in [9.17, 15) is 14.4 Å². The highest BCUT2D eigenvalue weighted by Crippen LogP contribution is 2.42. The number of rotatable bonds is 12. The quantitative estimate of drug-likeness (QED) is 0.133. The molecule has 0 aliphatic carbocycles. The van der Waals surface area contributed by atoms with Gasteiger partial charge in [-0.1, -0.05) is 65.7 Å². The molecule has 0 bridgehead atoms. The number of methoxy groups -OCH3 is 1. The number of nitrogens with zero attached hydrogens (tertiary/aromatic N) is 3. The second-order valence-electron chi connectivity index (χ2n) is 13.2. The minimum atomic E-state index is -0.144. The summed E-state index contributed by atoms with van der Waals surface area (Å²) in [6.07, 6.45) is 4.43. The van der Waals surface area contributed by atoms with Crippen molar-refractivity contribution in [2.45, 2.75) is 57.8 Å². The molecule has 7 rings (SSSR count). The molecule has 0 spiro atoms. The van der Waals surface area contributed by atoms with E-state index in [4.69, 9.17) is 37.9 Å². The summed E-state index contributed by atoms with van der Waals surface area (Å²) in [4.78, 5) is 46.1. The third-order valence-electron chi connectivity index (χ3n) is 9.71. The van der Waals surface area contributed by atoms with Crippen molar-refractivity contribution in [1.82, 2.24) is 35.6 Å². The van der Waals surface area contributed by atoms with Crippen LogP contribution in [0.4, 0.5) is 0 Å². The molecule has 2 amide bonds. The Labute approximate surface area is 311 Å². The topological polar surface area (TPSA) is 139 Å². The summed E-state index contributed by atoms with van der Waals surface area (Å²) >= 11 is 14.2. The average Bonchev–Trinajstić information content (AvgIpc) is 3.76. The third-order valence-corrected chi connectivity index (χ3v) is 10.5. The Balaban J connectivity index is 1.12. The van der Waals surface area contributed by atoms with Gasteiger partial charge in [-0.3, -0.25) is 18.8 Å². The second kappa shape index (κ2) is 15.4. The normalized spacial score (nSPS) is 17.1. The number of benzene rings is 2. The molecule has 2 fully saturated rings. The van der Waals surface area contributed by atoms with Gasteiger partial charge in [0.1, 0.15) is 5.65 Å². The van der Waals surface area contributed by atoms with E-state index in [-0.39, 0.29) is 29.5 Å². The lowest BCUT2D eigenvalue weighted by atomic mass is 9.97. The maximum absolute atomic E-state index is 13.5. The summed E-state index contributed by atoms with van der Waals surface area (Å²) in [5.41, 5.74) is 6.94. The predicted octanol–water partition coefficient (Wildman–Crippen LogP) is 5.45. The highest BCUT2D eigenvalue weighted by molar-refractivity contribution is 6.39. The van der Waals surface area contributed by atoms with Crippen molar-refractivity contribution < 1.29 is 14.3 Å². The zero-order chi connectivity index (χ0) is 36.4. The number of aryl methyl sites for hydroxylation is 1. The summed E-state index contributed by atoms with van der Waals surface area (Å²) in [7, 11) is 1.59. The van der Waals surface area contributed by atoms with Crippen molar-refractivity contribution in [1.29, 1.82) is 0 Å². The molecule has 2 aromatic carbocycles. The first kappa shape index (κ1) is 35.6. The lowest BCUT2D eigenvalue weighted by molar-refractivity contribution is -0.120. The highest BCUT2D eigenvalue weighted by Gasteiger charge is 2.22. The second-order valence-corrected chi connectivity index (χ2v) is 13.9. The van der Waals surface area contributed by atoms with Crippen molar-refractivity contribution in [3.05, 3.63) is 104 Å². The van der Waals surface area contributed by atoms with Crippen LogP contribution in [0.1, 0.15) is 42.5 Å². The maximum atomic E-state index is 13.5. The number of amides is 2. The van der Waals surface area contributed by atoms with E-state index in [0.717, 1.165) is 46.2 Å². The third kappa shape index (κ3) is 7.40. The molecular formula is C39H39Cl2N7O4. The van der Waals surface area contributed by atoms with E-state index < -0.39 is 0 Å². The average molecular weight is 741 g/mol. The van der Waals surface area contributed by atoms with Crippen LogP contribution in [0, 0.1) is 6.92 Å². The van der Waals surface area contributed by atoms with Crippen LogP contribution in [-0.4, -0.2) is 58.5 Å². The van der Waals surface area contributed by atoms with Crippen LogP contribution >= 0.6 is 23.2 Å². The molecule has 2 atom stereocenters. The van der Waals surface area contributed by atoms with Gasteiger partial charge in [0.05, 0.1) is 28.4 Å². The molecule has 4 N–H and O–H groups in total. The predicted molar refractivity (Wildman–Crippen MR) is 203 cm³/mol. The fraction of sp³-hybridized carbons (Fsp3) is 0.308. The number of aromatic nitrogens is 3. The van der Waals surface area contributed by atoms with Gasteiger partial charge in [-0.05, 0) is 43.5 Å². The first-order valence-electron chi connectivity index (χ1n) is 17.3. The Morgan fingerprint density at radius 2 is 1.42 bits per heavy atom. The number of hydrogen-bond acceptors (Lipinski definition) is 8. The summed E-state index contributed by atoms with van der Waals surface area (Å²) in [5.74, 6) is 0.643. The Morgan fingerprint density at radius 3 is 2.06 bits per heavy atom. The molecule has 0 unspecified atom stereocenters. The molecular weight excluding hydrogens is 701 g/mol. The Hall–Kier alpha value is -4.81. The van der Waals surface area contributed by atoms with Gasteiger partial charge in [0.15, 0.2) is 0 Å². The fourth-order valence-corrected chi connectivity index (χ4v) is 7.56. The van der Waals surface area contributed by atoms with Crippen LogP contribution < -0.4 is 31.6 Å². The summed E-state index contributed by atoms with van der Waals surface area (Å²) < 4.78 is 7.19. The Bertz CT molecular complexity index is 2240. The molecule has 13 heteroatoms. The largest absolute Gasteiger partial charge is 0.481 e. The number of carbonyl (C=O) groups is 2. The molecule has 5 aromatic rings. The smallest absolute Gasteiger partial charge is 0.262 e. The molecule has 2 saturated heterocycles. The van der Waals surface area contributed by atoms with Gasteiger partial charge in [0.2, 0.25) is 17.7 Å². The number of carbonyl (C=O) groups excluding carboxylic acids is 2. The van der Waals surface area contributed by atoms with Gasteiger partial charge >= 0.3 is 0 Å². The standard InChI is InChI=1S/C39H39Cl2N7O4/c1-22-31(21-43-20-26-11-14-35(50)46-26)39(51)48-16-15-23(17-33(48)44-22)27-5-3-6-28(36(27)40)29-7-4-8-30(37(29)41)32-12-9-24(38(47-32)52-2)18-42-19-25-10-13-34(49)45-25/h3-9,12,15-17,25-26,42-43H,10-11,13-14,18-21H2,1-2H3,(H,45,49)(H,46,50)/t25-,26+/m0/s1. The summed E-state index contributed by atoms with van der Waals surface area (Å²) in [6.45, 7) is 3.99. The molecule has 52 heavy (non-hydrogen) atoms. The van der Waals surface area contributed by atoms with Crippen LogP contribution in [0.2, 0.25) is 10.0 Å². The zero-order valence-electron chi connectivity index (χ0n) is 28.9. The fourth-order valence-electron chi connectivity index (χ4n) is 6.90. The number of fused-ring (bicyclic) bond motifs is 1. The lowest BCUT2D eigenvalue weighted by Crippen LogP contribution is -2.36. The number of nitrogens with one attached hydrogen (secondary N) is 4. The summed E-state index contributed by atoms with van der Waals surface area (Å²) in [5, 5.41) is 13.6. The van der Waals surface area contributed by atoms with Gasteiger partial charge in [-0.25, -0.2) is 9.97 Å². The monoisotopic (exact) mass is 739 g/mol. The van der Waals surface area contributed by atoms with Crippen molar-refractivity contribution in [2.75, 3.05) is 20.2 Å². The van der Waals surface area contributed by atoms with Crippen LogP contribution in [0.3, 0.4) is 0 Å². The van der Waals surface area contributed by atoms with E-state index in [1.54, 1.807) is 17.7 Å². The van der Waals surface area contributed by atoms with Gasteiger partial charge in [0.25, 0.3) is 5.56 Å². The molecule has 0 radical (unpaired) electrons. The van der Waals surface area contributed by atoms with E-state index in [0.29, 0.717) is 77.5 Å². The van der Waals surface area contributed by atoms with Crippen LogP contribution in [0.5, 0.6) is 5.88 Å². The van der Waals surface area contributed by atoms with Gasteiger partial charge in [-0.15, -0.1) is 0 Å². The molecule has 2 aliphatic heterocycles. The molecule has 11 nitrogen and oxygen atoms in total. The minimum absolute atomic E-state index is 0.0618. The van der Waals surface area contributed by atoms with Crippen LogP contribution in [-0.2, 0) is 22.7 Å². The molecule has 3 aromatic heterocycles. The Morgan fingerprint density at radius 1 is 0.808 bits per heavy atom. The van der Waals surface area contributed by atoms with E-state index in [2.05, 4.69) is 21.3 Å². The minimum Gasteiger partial charge on any atom is -0.481 e. The van der Waals surface area contributed by atoms with Crippen molar-refractivity contribution in [3.8, 4) is 39.4 Å².